The van der Waals surface area contributed by atoms with Crippen molar-refractivity contribution >= 4 is 12.0 Å². The van der Waals surface area contributed by atoms with Crippen LogP contribution < -0.4 is 5.32 Å². The van der Waals surface area contributed by atoms with Crippen molar-refractivity contribution in [3.05, 3.63) is 90.0 Å². The third-order valence-corrected chi connectivity index (χ3v) is 3.40. The number of hydrogen-bond donors (Lipinski definition) is 1. The van der Waals surface area contributed by atoms with Gasteiger partial charge in [0.25, 0.3) is 0 Å². The summed E-state index contributed by atoms with van der Waals surface area (Å²) in [6, 6.07) is 15.8. The second kappa shape index (κ2) is 7.37. The average molecular weight is 321 g/mol. The van der Waals surface area contributed by atoms with Crippen LogP contribution in [0.2, 0.25) is 0 Å². The summed E-state index contributed by atoms with van der Waals surface area (Å²) in [6.07, 6.45) is 6.54. The van der Waals surface area contributed by atoms with Gasteiger partial charge in [0.05, 0.1) is 11.9 Å². The van der Waals surface area contributed by atoms with Crippen LogP contribution in [-0.4, -0.2) is 15.7 Å². The van der Waals surface area contributed by atoms with E-state index in [1.165, 1.54) is 18.2 Å². The van der Waals surface area contributed by atoms with Crippen LogP contribution in [0.15, 0.2) is 73.1 Å². The van der Waals surface area contributed by atoms with E-state index >= 15 is 0 Å². The second-order valence-electron chi connectivity index (χ2n) is 5.23. The van der Waals surface area contributed by atoms with Gasteiger partial charge in [-0.25, -0.2) is 9.07 Å². The summed E-state index contributed by atoms with van der Waals surface area (Å²) in [6.45, 7) is 0.374. The molecular weight excluding hydrogens is 305 g/mol. The number of amides is 1. The van der Waals surface area contributed by atoms with Crippen LogP contribution in [0.4, 0.5) is 4.39 Å². The zero-order valence-electron chi connectivity index (χ0n) is 12.9. The molecule has 0 saturated heterocycles. The Bertz CT molecular complexity index is 856. The minimum absolute atomic E-state index is 0.244. The summed E-state index contributed by atoms with van der Waals surface area (Å²) < 4.78 is 14.8. The van der Waals surface area contributed by atoms with Crippen LogP contribution in [0, 0.1) is 5.82 Å². The lowest BCUT2D eigenvalue weighted by Crippen LogP contribution is -2.19. The molecule has 0 saturated carbocycles. The van der Waals surface area contributed by atoms with Gasteiger partial charge in [-0.2, -0.15) is 5.10 Å². The van der Waals surface area contributed by atoms with Gasteiger partial charge in [0.1, 0.15) is 5.82 Å². The van der Waals surface area contributed by atoms with Gasteiger partial charge in [0.15, 0.2) is 0 Å². The largest absolute Gasteiger partial charge is 0.348 e. The fourth-order valence-corrected chi connectivity index (χ4v) is 2.20. The van der Waals surface area contributed by atoms with E-state index in [0.29, 0.717) is 12.1 Å². The van der Waals surface area contributed by atoms with Gasteiger partial charge in [0, 0.05) is 24.4 Å². The number of rotatable bonds is 5. The molecule has 1 heterocycles. The molecule has 1 N–H and O–H groups in total. The third kappa shape index (κ3) is 4.16. The Morgan fingerprint density at radius 2 is 2.00 bits per heavy atom. The first-order valence-corrected chi connectivity index (χ1v) is 7.51. The van der Waals surface area contributed by atoms with E-state index in [9.17, 15) is 9.18 Å². The van der Waals surface area contributed by atoms with Crippen LogP contribution in [-0.2, 0) is 11.3 Å². The number of aromatic nitrogens is 2. The molecule has 0 spiro atoms. The highest BCUT2D eigenvalue weighted by atomic mass is 19.1. The zero-order chi connectivity index (χ0) is 16.8. The molecule has 3 rings (SSSR count). The zero-order valence-corrected chi connectivity index (χ0v) is 12.9. The van der Waals surface area contributed by atoms with Crippen LogP contribution >= 0.6 is 0 Å². The lowest BCUT2D eigenvalue weighted by molar-refractivity contribution is -0.116. The van der Waals surface area contributed by atoms with Gasteiger partial charge in [-0.1, -0.05) is 30.3 Å². The summed E-state index contributed by atoms with van der Waals surface area (Å²) in [5.41, 5.74) is 2.49. The number of carbonyl (C=O) groups excluding carboxylic acids is 1. The van der Waals surface area contributed by atoms with Crippen molar-refractivity contribution in [1.82, 2.24) is 15.1 Å². The molecular formula is C19H16FN3O. The lowest BCUT2D eigenvalue weighted by Gasteiger charge is -2.00. The number of halogens is 1. The first kappa shape index (κ1) is 15.7. The standard InChI is InChI=1S/C19H16FN3O/c20-17-6-4-5-15(11-17)9-10-19(24)21-12-16-13-22-23(14-16)18-7-2-1-3-8-18/h1-11,13-14H,12H2,(H,21,24)/b10-9+. The van der Waals surface area contributed by atoms with Crippen molar-refractivity contribution in [3.8, 4) is 5.69 Å². The van der Waals surface area contributed by atoms with Gasteiger partial charge >= 0.3 is 0 Å². The van der Waals surface area contributed by atoms with E-state index < -0.39 is 0 Å². The maximum absolute atomic E-state index is 13.1. The maximum atomic E-state index is 13.1. The minimum atomic E-state index is -0.328. The molecule has 24 heavy (non-hydrogen) atoms. The van der Waals surface area contributed by atoms with Crippen molar-refractivity contribution in [1.29, 1.82) is 0 Å². The average Bonchev–Trinajstić information content (AvgIpc) is 3.08. The molecule has 3 aromatic rings. The molecule has 0 fully saturated rings. The smallest absolute Gasteiger partial charge is 0.244 e. The Morgan fingerprint density at radius 1 is 1.17 bits per heavy atom. The number of hydrogen-bond acceptors (Lipinski definition) is 2. The van der Waals surface area contributed by atoms with E-state index in [2.05, 4.69) is 10.4 Å². The summed E-state index contributed by atoms with van der Waals surface area (Å²) in [5.74, 6) is -0.572. The van der Waals surface area contributed by atoms with Gasteiger partial charge in [0.2, 0.25) is 5.91 Å². The van der Waals surface area contributed by atoms with Crippen LogP contribution in [0.1, 0.15) is 11.1 Å². The molecule has 0 aliphatic carbocycles. The molecule has 0 radical (unpaired) electrons. The SMILES string of the molecule is O=C(/C=C/c1cccc(F)c1)NCc1cnn(-c2ccccc2)c1. The quantitative estimate of drug-likeness (QED) is 0.733. The highest BCUT2D eigenvalue weighted by molar-refractivity contribution is 5.91. The number of carbonyl (C=O) groups is 1. The van der Waals surface area contributed by atoms with Crippen LogP contribution in [0.3, 0.4) is 0 Å². The Kier molecular flexibility index (Phi) is 4.81. The third-order valence-electron chi connectivity index (χ3n) is 3.40. The Hall–Kier alpha value is -3.21. The summed E-state index contributed by atoms with van der Waals surface area (Å²) in [5, 5.41) is 7.05. The predicted molar refractivity (Wildman–Crippen MR) is 90.8 cm³/mol. The number of nitrogens with zero attached hydrogens (tertiary/aromatic N) is 2. The molecule has 0 unspecified atom stereocenters. The second-order valence-corrected chi connectivity index (χ2v) is 5.23. The minimum Gasteiger partial charge on any atom is -0.348 e. The molecule has 4 nitrogen and oxygen atoms in total. The van der Waals surface area contributed by atoms with Crippen LogP contribution in [0.5, 0.6) is 0 Å². The number of nitrogens with one attached hydrogen (secondary N) is 1. The fourth-order valence-electron chi connectivity index (χ4n) is 2.20. The van der Waals surface area contributed by atoms with E-state index in [-0.39, 0.29) is 11.7 Å². The topological polar surface area (TPSA) is 46.9 Å². The summed E-state index contributed by atoms with van der Waals surface area (Å²) in [4.78, 5) is 11.8. The maximum Gasteiger partial charge on any atom is 0.244 e. The van der Waals surface area contributed by atoms with E-state index in [4.69, 9.17) is 0 Å². The normalized spacial score (nSPS) is 10.9. The Labute approximate surface area is 139 Å². The number of para-hydroxylation sites is 1. The van der Waals surface area contributed by atoms with Gasteiger partial charge in [-0.15, -0.1) is 0 Å². The molecule has 1 amide bonds. The molecule has 0 aliphatic heterocycles. The molecule has 5 heteroatoms. The fraction of sp³-hybridized carbons (Fsp3) is 0.0526. The Balaban J connectivity index is 1.56. The first-order valence-electron chi connectivity index (χ1n) is 7.51. The van der Waals surface area contributed by atoms with Crippen LogP contribution in [0.25, 0.3) is 11.8 Å². The molecule has 0 bridgehead atoms. The Morgan fingerprint density at radius 3 is 2.79 bits per heavy atom. The highest BCUT2D eigenvalue weighted by Gasteiger charge is 2.02. The lowest BCUT2D eigenvalue weighted by atomic mass is 10.2. The molecule has 120 valence electrons. The van der Waals surface area contributed by atoms with Crippen molar-refractivity contribution in [2.75, 3.05) is 0 Å². The van der Waals surface area contributed by atoms with E-state index in [0.717, 1.165) is 11.3 Å². The molecule has 1 aromatic heterocycles. The van der Waals surface area contributed by atoms with Gasteiger partial charge in [-0.3, -0.25) is 4.79 Å². The highest BCUT2D eigenvalue weighted by Crippen LogP contribution is 2.08. The molecule has 0 atom stereocenters. The summed E-state index contributed by atoms with van der Waals surface area (Å²) >= 11 is 0. The van der Waals surface area contributed by atoms with E-state index in [1.807, 2.05) is 36.5 Å². The monoisotopic (exact) mass is 321 g/mol. The van der Waals surface area contributed by atoms with Crippen molar-refractivity contribution in [3.63, 3.8) is 0 Å². The van der Waals surface area contributed by atoms with Crippen molar-refractivity contribution < 1.29 is 9.18 Å². The molecule has 0 aliphatic rings. The number of benzene rings is 2. The molecule has 2 aromatic carbocycles. The van der Waals surface area contributed by atoms with Gasteiger partial charge in [-0.05, 0) is 35.9 Å². The van der Waals surface area contributed by atoms with E-state index in [1.54, 1.807) is 29.1 Å². The van der Waals surface area contributed by atoms with Crippen molar-refractivity contribution in [2.45, 2.75) is 6.54 Å². The predicted octanol–water partition coefficient (Wildman–Crippen LogP) is 3.34. The van der Waals surface area contributed by atoms with Crippen molar-refractivity contribution in [2.24, 2.45) is 0 Å². The summed E-state index contributed by atoms with van der Waals surface area (Å²) in [7, 11) is 0. The first-order chi connectivity index (χ1) is 11.7. The van der Waals surface area contributed by atoms with Gasteiger partial charge < -0.3 is 5.32 Å².